The van der Waals surface area contributed by atoms with E-state index in [1.165, 1.54) is 9.80 Å². The SMILES string of the molecule is CN(C)C(=O)CN1C(=O)N2CCCN=C2c2ccc(Cl)cc21. The van der Waals surface area contributed by atoms with Gasteiger partial charge >= 0.3 is 6.03 Å². The first-order valence-corrected chi connectivity index (χ1v) is 7.50. The van der Waals surface area contributed by atoms with Gasteiger partial charge in [0.1, 0.15) is 12.4 Å². The molecule has 0 aromatic heterocycles. The van der Waals surface area contributed by atoms with Crippen molar-refractivity contribution in [3.8, 4) is 0 Å². The van der Waals surface area contributed by atoms with Crippen LogP contribution in [0.2, 0.25) is 5.02 Å². The van der Waals surface area contributed by atoms with Crippen molar-refractivity contribution in [1.82, 2.24) is 9.80 Å². The summed E-state index contributed by atoms with van der Waals surface area (Å²) >= 11 is 6.08. The van der Waals surface area contributed by atoms with Crippen LogP contribution in [0, 0.1) is 0 Å². The van der Waals surface area contributed by atoms with Gasteiger partial charge in [0.15, 0.2) is 0 Å². The maximum absolute atomic E-state index is 12.7. The number of fused-ring (bicyclic) bond motifs is 3. The molecule has 2 heterocycles. The van der Waals surface area contributed by atoms with E-state index in [0.717, 1.165) is 12.0 Å². The molecule has 0 spiro atoms. The fourth-order valence-electron chi connectivity index (χ4n) is 2.62. The van der Waals surface area contributed by atoms with Crippen molar-refractivity contribution in [2.75, 3.05) is 38.6 Å². The summed E-state index contributed by atoms with van der Waals surface area (Å²) in [4.78, 5) is 33.9. The van der Waals surface area contributed by atoms with E-state index in [2.05, 4.69) is 4.99 Å². The lowest BCUT2D eigenvalue weighted by molar-refractivity contribution is -0.127. The van der Waals surface area contributed by atoms with Crippen molar-refractivity contribution in [3.05, 3.63) is 28.8 Å². The molecule has 2 aliphatic rings. The fourth-order valence-corrected chi connectivity index (χ4v) is 2.78. The number of carbonyl (C=O) groups excluding carboxylic acids is 2. The van der Waals surface area contributed by atoms with Crippen LogP contribution in [0.5, 0.6) is 0 Å². The number of nitrogens with zero attached hydrogens (tertiary/aromatic N) is 4. The number of anilines is 1. The van der Waals surface area contributed by atoms with Crippen LogP contribution in [-0.4, -0.2) is 61.3 Å². The van der Waals surface area contributed by atoms with Crippen LogP contribution in [0.15, 0.2) is 23.2 Å². The highest BCUT2D eigenvalue weighted by Gasteiger charge is 2.37. The van der Waals surface area contributed by atoms with Gasteiger partial charge in [0.05, 0.1) is 5.69 Å². The van der Waals surface area contributed by atoms with Gasteiger partial charge in [0.25, 0.3) is 0 Å². The smallest absolute Gasteiger partial charge is 0.330 e. The molecule has 0 saturated carbocycles. The number of benzene rings is 1. The maximum Gasteiger partial charge on any atom is 0.330 e. The van der Waals surface area contributed by atoms with Crippen molar-refractivity contribution < 1.29 is 9.59 Å². The molecule has 0 unspecified atom stereocenters. The van der Waals surface area contributed by atoms with Crippen molar-refractivity contribution in [3.63, 3.8) is 0 Å². The molecule has 2 aliphatic heterocycles. The zero-order chi connectivity index (χ0) is 15.9. The van der Waals surface area contributed by atoms with Crippen LogP contribution >= 0.6 is 11.6 Å². The Morgan fingerprint density at radius 3 is 2.91 bits per heavy atom. The first-order valence-electron chi connectivity index (χ1n) is 7.12. The van der Waals surface area contributed by atoms with E-state index in [1.54, 1.807) is 31.1 Å². The van der Waals surface area contributed by atoms with E-state index in [0.29, 0.717) is 29.6 Å². The summed E-state index contributed by atoms with van der Waals surface area (Å²) in [5.74, 6) is 0.535. The molecule has 3 amide bonds. The largest absolute Gasteiger partial charge is 0.347 e. The second kappa shape index (κ2) is 5.61. The van der Waals surface area contributed by atoms with Gasteiger partial charge < -0.3 is 4.90 Å². The standard InChI is InChI=1S/C15H17ClN4O2/c1-18(2)13(21)9-20-12-8-10(16)4-5-11(12)14-17-6-3-7-19(14)15(20)22/h4-5,8H,3,6-7,9H2,1-2H3. The van der Waals surface area contributed by atoms with Crippen LogP contribution in [-0.2, 0) is 4.79 Å². The summed E-state index contributed by atoms with van der Waals surface area (Å²) in [7, 11) is 3.34. The molecule has 0 atom stereocenters. The number of urea groups is 1. The van der Waals surface area contributed by atoms with Gasteiger partial charge in [0, 0.05) is 37.8 Å². The molecule has 0 fully saturated rings. The van der Waals surface area contributed by atoms with Gasteiger partial charge in [-0.05, 0) is 24.6 Å². The number of amides is 3. The highest BCUT2D eigenvalue weighted by Crippen LogP contribution is 2.32. The minimum atomic E-state index is -0.219. The Morgan fingerprint density at radius 1 is 1.41 bits per heavy atom. The number of hydrogen-bond donors (Lipinski definition) is 0. The van der Waals surface area contributed by atoms with Crippen LogP contribution in [0.1, 0.15) is 12.0 Å². The minimum Gasteiger partial charge on any atom is -0.347 e. The van der Waals surface area contributed by atoms with E-state index in [1.807, 2.05) is 6.07 Å². The normalized spacial score (nSPS) is 16.9. The lowest BCUT2D eigenvalue weighted by Crippen LogP contribution is -2.55. The van der Waals surface area contributed by atoms with Crippen LogP contribution in [0.25, 0.3) is 0 Å². The zero-order valence-corrected chi connectivity index (χ0v) is 13.3. The highest BCUT2D eigenvalue weighted by molar-refractivity contribution is 6.31. The summed E-state index contributed by atoms with van der Waals surface area (Å²) < 4.78 is 0. The van der Waals surface area contributed by atoms with E-state index >= 15 is 0 Å². The van der Waals surface area contributed by atoms with Crippen molar-refractivity contribution >= 4 is 35.1 Å². The molecular formula is C15H17ClN4O2. The molecule has 1 aromatic carbocycles. The Labute approximate surface area is 134 Å². The number of amidine groups is 1. The molecule has 1 aromatic rings. The predicted molar refractivity (Wildman–Crippen MR) is 85.6 cm³/mol. The topological polar surface area (TPSA) is 56.2 Å². The summed E-state index contributed by atoms with van der Waals surface area (Å²) in [6, 6.07) is 5.13. The lowest BCUT2D eigenvalue weighted by Gasteiger charge is -2.39. The number of hydrogen-bond acceptors (Lipinski definition) is 3. The number of halogens is 1. The molecule has 3 rings (SSSR count). The maximum atomic E-state index is 12.7. The first kappa shape index (κ1) is 14.8. The number of aliphatic imine (C=N–C) groups is 1. The Hall–Kier alpha value is -2.08. The van der Waals surface area contributed by atoms with Gasteiger partial charge in [-0.3, -0.25) is 19.6 Å². The predicted octanol–water partition coefficient (Wildman–Crippen LogP) is 1.82. The molecular weight excluding hydrogens is 304 g/mol. The molecule has 7 heteroatoms. The van der Waals surface area contributed by atoms with Crippen LogP contribution in [0.4, 0.5) is 10.5 Å². The van der Waals surface area contributed by atoms with E-state index in [9.17, 15) is 9.59 Å². The van der Waals surface area contributed by atoms with Crippen LogP contribution in [0.3, 0.4) is 0 Å². The Balaban J connectivity index is 2.08. The monoisotopic (exact) mass is 320 g/mol. The second-order valence-corrected chi connectivity index (χ2v) is 5.97. The van der Waals surface area contributed by atoms with E-state index in [-0.39, 0.29) is 18.5 Å². The molecule has 22 heavy (non-hydrogen) atoms. The quantitative estimate of drug-likeness (QED) is 0.834. The highest BCUT2D eigenvalue weighted by atomic mass is 35.5. The third-order valence-electron chi connectivity index (χ3n) is 3.80. The summed E-state index contributed by atoms with van der Waals surface area (Å²) in [6.07, 6.45) is 0.827. The van der Waals surface area contributed by atoms with Crippen molar-refractivity contribution in [1.29, 1.82) is 0 Å². The molecule has 0 aliphatic carbocycles. The van der Waals surface area contributed by atoms with Gasteiger partial charge in [-0.2, -0.15) is 0 Å². The van der Waals surface area contributed by atoms with Gasteiger partial charge in [-0.25, -0.2) is 4.79 Å². The summed E-state index contributed by atoms with van der Waals surface area (Å²) in [6.45, 7) is 1.31. The Bertz CT molecular complexity index is 672. The minimum absolute atomic E-state index is 0.0110. The number of rotatable bonds is 2. The molecule has 0 N–H and O–H groups in total. The first-order chi connectivity index (χ1) is 10.5. The average Bonchev–Trinajstić information content (AvgIpc) is 2.51. The zero-order valence-electron chi connectivity index (χ0n) is 12.5. The number of likely N-dealkylation sites (N-methyl/N-ethyl adjacent to an activating group) is 1. The summed E-state index contributed by atoms with van der Waals surface area (Å²) in [5, 5.41) is 0.527. The fraction of sp³-hybridized carbons (Fsp3) is 0.400. The molecule has 0 bridgehead atoms. The number of carbonyl (C=O) groups is 2. The van der Waals surface area contributed by atoms with Gasteiger partial charge in [0.2, 0.25) is 5.91 Å². The van der Waals surface area contributed by atoms with Gasteiger partial charge in [-0.15, -0.1) is 0 Å². The van der Waals surface area contributed by atoms with Crippen molar-refractivity contribution in [2.24, 2.45) is 4.99 Å². The third kappa shape index (κ3) is 2.43. The van der Waals surface area contributed by atoms with Gasteiger partial charge in [-0.1, -0.05) is 11.6 Å². The van der Waals surface area contributed by atoms with Crippen LogP contribution < -0.4 is 4.90 Å². The third-order valence-corrected chi connectivity index (χ3v) is 4.04. The molecule has 116 valence electrons. The van der Waals surface area contributed by atoms with E-state index in [4.69, 9.17) is 11.6 Å². The van der Waals surface area contributed by atoms with Crippen molar-refractivity contribution in [2.45, 2.75) is 6.42 Å². The molecule has 0 saturated heterocycles. The summed E-state index contributed by atoms with van der Waals surface area (Å²) in [5.41, 5.74) is 1.49. The second-order valence-electron chi connectivity index (χ2n) is 5.53. The molecule has 0 radical (unpaired) electrons. The lowest BCUT2D eigenvalue weighted by atomic mass is 10.1. The Kier molecular flexibility index (Phi) is 3.78. The average molecular weight is 321 g/mol. The van der Waals surface area contributed by atoms with E-state index < -0.39 is 0 Å². The molecule has 6 nitrogen and oxygen atoms in total. The Morgan fingerprint density at radius 2 is 2.18 bits per heavy atom.